The quantitative estimate of drug-likeness (QED) is 0.846. The number of carbonyl (C=O) groups is 1. The van der Waals surface area contributed by atoms with E-state index in [0.717, 1.165) is 24.3 Å². The van der Waals surface area contributed by atoms with Gasteiger partial charge in [-0.05, 0) is 26.2 Å². The van der Waals surface area contributed by atoms with Crippen LogP contribution < -0.4 is 10.6 Å². The number of nitrogens with one attached hydrogen (secondary N) is 2. The second-order valence-electron chi connectivity index (χ2n) is 4.13. The molecule has 0 aliphatic heterocycles. The summed E-state index contributed by atoms with van der Waals surface area (Å²) in [6, 6.07) is 0.307. The third kappa shape index (κ3) is 2.95. The average Bonchev–Trinajstić information content (AvgIpc) is 2.93. The van der Waals surface area contributed by atoms with Crippen molar-refractivity contribution in [2.75, 3.05) is 0 Å². The fraction of sp³-hybridized carbons (Fsp3) is 0.636. The number of rotatable bonds is 4. The molecule has 0 radical (unpaired) electrons. The maximum Gasteiger partial charge on any atom is 0.315 e. The number of aryl methyl sites for hydroxylation is 1. The first-order valence-corrected chi connectivity index (χ1v) is 6.52. The number of amides is 2. The molecule has 0 saturated heterocycles. The van der Waals surface area contributed by atoms with Gasteiger partial charge in [-0.2, -0.15) is 0 Å². The van der Waals surface area contributed by atoms with Gasteiger partial charge in [0.25, 0.3) is 0 Å². The van der Waals surface area contributed by atoms with Crippen molar-refractivity contribution in [3.05, 3.63) is 16.1 Å². The second-order valence-corrected chi connectivity index (χ2v) is 5.28. The van der Waals surface area contributed by atoms with Crippen LogP contribution in [0.4, 0.5) is 4.79 Å². The fourth-order valence-electron chi connectivity index (χ4n) is 1.40. The van der Waals surface area contributed by atoms with Crippen molar-refractivity contribution in [3.63, 3.8) is 0 Å². The minimum atomic E-state index is -0.0803. The van der Waals surface area contributed by atoms with E-state index in [4.69, 9.17) is 0 Å². The van der Waals surface area contributed by atoms with Crippen molar-refractivity contribution in [3.8, 4) is 0 Å². The molecule has 4 nitrogen and oxygen atoms in total. The number of aromatic nitrogens is 1. The molecule has 0 aromatic carbocycles. The lowest BCUT2D eigenvalue weighted by Gasteiger charge is -2.11. The molecule has 1 atom stereocenters. The molecular formula is C11H17N3OS. The molecule has 1 aliphatic carbocycles. The summed E-state index contributed by atoms with van der Waals surface area (Å²) in [6.45, 7) is 4.07. The Morgan fingerprint density at radius 3 is 3.00 bits per heavy atom. The fourth-order valence-corrected chi connectivity index (χ4v) is 2.26. The predicted octanol–water partition coefficient (Wildman–Crippen LogP) is 2.23. The highest BCUT2D eigenvalue weighted by Gasteiger charge is 2.24. The lowest BCUT2D eigenvalue weighted by atomic mass is 10.3. The van der Waals surface area contributed by atoms with E-state index in [1.165, 1.54) is 4.88 Å². The predicted molar refractivity (Wildman–Crippen MR) is 64.6 cm³/mol. The summed E-state index contributed by atoms with van der Waals surface area (Å²) in [7, 11) is 0. The van der Waals surface area contributed by atoms with E-state index < -0.39 is 0 Å². The van der Waals surface area contributed by atoms with Crippen molar-refractivity contribution in [1.29, 1.82) is 0 Å². The number of nitrogens with zero attached hydrogens (tertiary/aromatic N) is 1. The van der Waals surface area contributed by atoms with E-state index in [0.29, 0.717) is 6.04 Å². The third-order valence-electron chi connectivity index (χ3n) is 2.55. The molecule has 1 aromatic heterocycles. The number of hydrogen-bond acceptors (Lipinski definition) is 3. The molecule has 1 aliphatic rings. The Bertz CT molecular complexity index is 373. The van der Waals surface area contributed by atoms with E-state index in [1.807, 2.05) is 13.1 Å². The normalized spacial score (nSPS) is 16.9. The number of thiazole rings is 1. The third-order valence-corrected chi connectivity index (χ3v) is 3.87. The largest absolute Gasteiger partial charge is 0.335 e. The molecule has 5 heteroatoms. The Hall–Kier alpha value is -1.10. The highest BCUT2D eigenvalue weighted by atomic mass is 32.1. The molecule has 1 unspecified atom stereocenters. The Morgan fingerprint density at radius 2 is 2.44 bits per heavy atom. The zero-order valence-electron chi connectivity index (χ0n) is 9.62. The van der Waals surface area contributed by atoms with Crippen LogP contribution in [0.3, 0.4) is 0 Å². The summed E-state index contributed by atoms with van der Waals surface area (Å²) in [5, 5.41) is 6.78. The summed E-state index contributed by atoms with van der Waals surface area (Å²) in [5.74, 6) is 0. The van der Waals surface area contributed by atoms with Gasteiger partial charge in [-0.1, -0.05) is 6.92 Å². The molecule has 2 N–H and O–H groups in total. The number of urea groups is 1. The molecule has 2 rings (SSSR count). The molecule has 1 fully saturated rings. The van der Waals surface area contributed by atoms with E-state index in [-0.39, 0.29) is 12.1 Å². The smallest absolute Gasteiger partial charge is 0.315 e. The van der Waals surface area contributed by atoms with Crippen LogP contribution in [-0.4, -0.2) is 17.1 Å². The van der Waals surface area contributed by atoms with Crippen LogP contribution in [-0.2, 0) is 6.42 Å². The molecule has 0 spiro atoms. The second kappa shape index (κ2) is 4.82. The molecule has 88 valence electrons. The van der Waals surface area contributed by atoms with Crippen LogP contribution >= 0.6 is 11.3 Å². The topological polar surface area (TPSA) is 54.0 Å². The number of carbonyl (C=O) groups excluding carboxylic acids is 1. The summed E-state index contributed by atoms with van der Waals surface area (Å²) in [5.41, 5.74) is 0. The van der Waals surface area contributed by atoms with Gasteiger partial charge >= 0.3 is 6.03 Å². The molecule has 0 bridgehead atoms. The van der Waals surface area contributed by atoms with Gasteiger partial charge in [-0.15, -0.1) is 11.3 Å². The van der Waals surface area contributed by atoms with Crippen LogP contribution in [0, 0.1) is 0 Å². The first kappa shape index (κ1) is 11.4. The zero-order valence-corrected chi connectivity index (χ0v) is 10.4. The van der Waals surface area contributed by atoms with Crippen LogP contribution in [0.5, 0.6) is 0 Å². The number of hydrogen-bond donors (Lipinski definition) is 2. The van der Waals surface area contributed by atoms with Gasteiger partial charge < -0.3 is 10.6 Å². The van der Waals surface area contributed by atoms with Crippen molar-refractivity contribution in [1.82, 2.24) is 15.6 Å². The zero-order chi connectivity index (χ0) is 11.5. The van der Waals surface area contributed by atoms with E-state index >= 15 is 0 Å². The van der Waals surface area contributed by atoms with Gasteiger partial charge in [0.05, 0.1) is 6.04 Å². The van der Waals surface area contributed by atoms with Gasteiger partial charge in [0, 0.05) is 17.1 Å². The van der Waals surface area contributed by atoms with Gasteiger partial charge in [0.2, 0.25) is 0 Å². The highest BCUT2D eigenvalue weighted by molar-refractivity contribution is 7.11. The van der Waals surface area contributed by atoms with Crippen molar-refractivity contribution >= 4 is 17.4 Å². The maximum absolute atomic E-state index is 11.5. The Morgan fingerprint density at radius 1 is 1.69 bits per heavy atom. The summed E-state index contributed by atoms with van der Waals surface area (Å²) in [6.07, 6.45) is 5.10. The van der Waals surface area contributed by atoms with Gasteiger partial charge in [0.1, 0.15) is 5.01 Å². The lowest BCUT2D eigenvalue weighted by molar-refractivity contribution is 0.237. The molecule has 1 heterocycles. The summed E-state index contributed by atoms with van der Waals surface area (Å²) >= 11 is 1.66. The Kier molecular flexibility index (Phi) is 3.43. The highest BCUT2D eigenvalue weighted by Crippen LogP contribution is 2.21. The van der Waals surface area contributed by atoms with Crippen LogP contribution in [0.1, 0.15) is 42.6 Å². The van der Waals surface area contributed by atoms with Crippen molar-refractivity contribution in [2.24, 2.45) is 0 Å². The average molecular weight is 239 g/mol. The SMILES string of the molecule is CCc1cnc(C(C)NC(=O)NC2CC2)s1. The minimum Gasteiger partial charge on any atom is -0.335 e. The molecular weight excluding hydrogens is 222 g/mol. The van der Waals surface area contributed by atoms with Crippen LogP contribution in [0.2, 0.25) is 0 Å². The summed E-state index contributed by atoms with van der Waals surface area (Å²) < 4.78 is 0. The van der Waals surface area contributed by atoms with E-state index in [9.17, 15) is 4.79 Å². The first-order valence-electron chi connectivity index (χ1n) is 5.70. The Balaban J connectivity index is 1.85. The monoisotopic (exact) mass is 239 g/mol. The standard InChI is InChI=1S/C11H17N3OS/c1-3-9-6-12-10(16-9)7(2)13-11(15)14-8-4-5-8/h6-8H,3-5H2,1-2H3,(H2,13,14,15). The van der Waals surface area contributed by atoms with Crippen molar-refractivity contribution < 1.29 is 4.79 Å². The van der Waals surface area contributed by atoms with E-state index in [2.05, 4.69) is 22.5 Å². The molecule has 1 saturated carbocycles. The minimum absolute atomic E-state index is 0.0101. The van der Waals surface area contributed by atoms with Gasteiger partial charge in [0.15, 0.2) is 0 Å². The lowest BCUT2D eigenvalue weighted by Crippen LogP contribution is -2.38. The van der Waals surface area contributed by atoms with Crippen LogP contribution in [0.15, 0.2) is 6.20 Å². The van der Waals surface area contributed by atoms with Crippen LogP contribution in [0.25, 0.3) is 0 Å². The first-order chi connectivity index (χ1) is 7.69. The molecule has 16 heavy (non-hydrogen) atoms. The Labute approximate surface area is 99.5 Å². The van der Waals surface area contributed by atoms with Gasteiger partial charge in [-0.3, -0.25) is 0 Å². The van der Waals surface area contributed by atoms with E-state index in [1.54, 1.807) is 11.3 Å². The molecule has 2 amide bonds. The van der Waals surface area contributed by atoms with Crippen molar-refractivity contribution in [2.45, 2.75) is 45.2 Å². The molecule has 1 aromatic rings. The van der Waals surface area contributed by atoms with Gasteiger partial charge in [-0.25, -0.2) is 9.78 Å². The summed E-state index contributed by atoms with van der Waals surface area (Å²) in [4.78, 5) is 17.1. The maximum atomic E-state index is 11.5.